The van der Waals surface area contributed by atoms with Gasteiger partial charge in [-0.25, -0.2) is 12.8 Å². The Morgan fingerprint density at radius 1 is 1.12 bits per heavy atom. The molecule has 0 bridgehead atoms. The number of benzene rings is 2. The van der Waals surface area contributed by atoms with E-state index in [0.717, 1.165) is 11.8 Å². The fraction of sp³-hybridized carbons (Fsp3) is 0.391. The van der Waals surface area contributed by atoms with Crippen molar-refractivity contribution in [2.75, 3.05) is 33.4 Å². The van der Waals surface area contributed by atoms with E-state index < -0.39 is 33.9 Å². The van der Waals surface area contributed by atoms with Crippen molar-refractivity contribution in [2.24, 2.45) is 5.73 Å². The van der Waals surface area contributed by atoms with Crippen LogP contribution < -0.4 is 5.73 Å². The number of likely N-dealkylation sites (N-methyl/N-ethyl adjacent to an activating group) is 1. The number of likely N-dealkylation sites (tertiary alicyclic amines) is 1. The summed E-state index contributed by atoms with van der Waals surface area (Å²) in [5.41, 5.74) is 8.27. The van der Waals surface area contributed by atoms with E-state index in [4.69, 9.17) is 5.73 Å². The lowest BCUT2D eigenvalue weighted by molar-refractivity contribution is -0.138. The van der Waals surface area contributed by atoms with E-state index in [1.807, 2.05) is 0 Å². The molecular weight excluding hydrogens is 433 g/mol. The zero-order valence-electron chi connectivity index (χ0n) is 18.4. The number of amides is 2. The molecule has 2 amide bonds. The van der Waals surface area contributed by atoms with Crippen molar-refractivity contribution in [3.8, 4) is 11.1 Å². The Morgan fingerprint density at radius 3 is 2.31 bits per heavy atom. The van der Waals surface area contributed by atoms with Crippen LogP contribution in [0.2, 0.25) is 0 Å². The zero-order chi connectivity index (χ0) is 23.6. The normalized spacial score (nSPS) is 18.3. The second kappa shape index (κ2) is 9.38. The molecule has 1 aliphatic heterocycles. The highest BCUT2D eigenvalue weighted by Crippen LogP contribution is 2.28. The summed E-state index contributed by atoms with van der Waals surface area (Å²) in [6, 6.07) is 12.4. The predicted octanol–water partition coefficient (Wildman–Crippen LogP) is 1.83. The molecule has 7 nitrogen and oxygen atoms in total. The van der Waals surface area contributed by atoms with Crippen molar-refractivity contribution in [3.05, 3.63) is 54.1 Å². The molecular formula is C23H28FN3O4S. The fourth-order valence-electron chi connectivity index (χ4n) is 3.84. The minimum Gasteiger partial charge on any atom is -0.348 e. The third kappa shape index (κ3) is 5.16. The van der Waals surface area contributed by atoms with Crippen molar-refractivity contribution in [2.45, 2.75) is 29.4 Å². The number of halogens is 1. The van der Waals surface area contributed by atoms with Crippen molar-refractivity contribution >= 4 is 21.7 Å². The first kappa shape index (κ1) is 23.9. The van der Waals surface area contributed by atoms with Gasteiger partial charge in [-0.3, -0.25) is 9.59 Å². The van der Waals surface area contributed by atoms with Gasteiger partial charge in [-0.05, 0) is 35.2 Å². The highest BCUT2D eigenvalue weighted by molar-refractivity contribution is 7.90. The van der Waals surface area contributed by atoms with Gasteiger partial charge in [-0.15, -0.1) is 0 Å². The van der Waals surface area contributed by atoms with Gasteiger partial charge in [0.2, 0.25) is 11.8 Å². The van der Waals surface area contributed by atoms with Crippen LogP contribution in [0.5, 0.6) is 0 Å². The van der Waals surface area contributed by atoms with Gasteiger partial charge in [0.1, 0.15) is 12.2 Å². The largest absolute Gasteiger partial charge is 0.348 e. The average Bonchev–Trinajstić information content (AvgIpc) is 3.19. The van der Waals surface area contributed by atoms with Gasteiger partial charge in [0.05, 0.1) is 17.4 Å². The molecule has 172 valence electrons. The number of nitrogens with two attached hydrogens (primary N) is 1. The van der Waals surface area contributed by atoms with E-state index in [0.29, 0.717) is 11.1 Å². The van der Waals surface area contributed by atoms with Gasteiger partial charge in [0, 0.05) is 26.9 Å². The Bertz CT molecular complexity index is 1100. The molecule has 0 aromatic heterocycles. The van der Waals surface area contributed by atoms with Gasteiger partial charge in [0.25, 0.3) is 0 Å². The van der Waals surface area contributed by atoms with Crippen LogP contribution in [-0.4, -0.2) is 75.7 Å². The molecule has 3 atom stereocenters. The van der Waals surface area contributed by atoms with E-state index in [-0.39, 0.29) is 30.3 Å². The Morgan fingerprint density at radius 2 is 1.78 bits per heavy atom. The Balaban J connectivity index is 1.91. The third-order valence-corrected chi connectivity index (χ3v) is 6.77. The molecule has 2 N–H and O–H groups in total. The lowest BCUT2D eigenvalue weighted by atomic mass is 9.88. The molecule has 2 aromatic carbocycles. The molecule has 0 saturated carbocycles. The number of nitrogens with zero attached hydrogens (tertiary/aromatic N) is 2. The van der Waals surface area contributed by atoms with E-state index >= 15 is 0 Å². The van der Waals surface area contributed by atoms with Crippen LogP contribution in [0.1, 0.15) is 17.9 Å². The number of hydrogen-bond donors (Lipinski definition) is 1. The van der Waals surface area contributed by atoms with Gasteiger partial charge >= 0.3 is 0 Å². The number of carbonyl (C=O) groups excluding carboxylic acids is 2. The van der Waals surface area contributed by atoms with E-state index in [2.05, 4.69) is 0 Å². The minimum atomic E-state index is -3.34. The van der Waals surface area contributed by atoms with Gasteiger partial charge in [-0.1, -0.05) is 36.4 Å². The molecule has 1 heterocycles. The Hall–Kier alpha value is -2.78. The first-order valence-corrected chi connectivity index (χ1v) is 12.2. The van der Waals surface area contributed by atoms with Crippen molar-refractivity contribution < 1.29 is 22.4 Å². The van der Waals surface area contributed by atoms with E-state index in [1.165, 1.54) is 15.9 Å². The monoisotopic (exact) mass is 461 g/mol. The average molecular weight is 462 g/mol. The van der Waals surface area contributed by atoms with Crippen LogP contribution in [0.4, 0.5) is 4.39 Å². The molecule has 1 aliphatic rings. The molecule has 9 heteroatoms. The van der Waals surface area contributed by atoms with Crippen LogP contribution in [0.15, 0.2) is 53.4 Å². The van der Waals surface area contributed by atoms with Crippen molar-refractivity contribution in [1.82, 2.24) is 9.80 Å². The summed E-state index contributed by atoms with van der Waals surface area (Å²) in [4.78, 5) is 28.7. The topological polar surface area (TPSA) is 101 Å². The smallest absolute Gasteiger partial charge is 0.240 e. The van der Waals surface area contributed by atoms with Crippen LogP contribution in [-0.2, 0) is 19.4 Å². The Kier molecular flexibility index (Phi) is 7.00. The number of carbonyl (C=O) groups is 2. The molecule has 0 spiro atoms. The maximum atomic E-state index is 13.6. The van der Waals surface area contributed by atoms with Gasteiger partial charge in [-0.2, -0.15) is 0 Å². The second-order valence-corrected chi connectivity index (χ2v) is 10.3. The summed E-state index contributed by atoms with van der Waals surface area (Å²) >= 11 is 0. The highest BCUT2D eigenvalue weighted by Gasteiger charge is 2.37. The lowest BCUT2D eigenvalue weighted by Crippen LogP contribution is -2.50. The van der Waals surface area contributed by atoms with Crippen LogP contribution in [0.3, 0.4) is 0 Å². The van der Waals surface area contributed by atoms with E-state index in [1.54, 1.807) is 56.6 Å². The quantitative estimate of drug-likeness (QED) is 0.707. The molecule has 2 aromatic rings. The minimum absolute atomic E-state index is 0.00891. The van der Waals surface area contributed by atoms with Crippen molar-refractivity contribution in [3.63, 3.8) is 0 Å². The molecule has 1 fully saturated rings. The maximum absolute atomic E-state index is 13.6. The zero-order valence-corrected chi connectivity index (χ0v) is 19.2. The summed E-state index contributed by atoms with van der Waals surface area (Å²) in [6.07, 6.45) is 0.346. The highest BCUT2D eigenvalue weighted by atomic mass is 32.2. The number of alkyl halides is 1. The van der Waals surface area contributed by atoms with Gasteiger partial charge in [0.15, 0.2) is 9.84 Å². The van der Waals surface area contributed by atoms with E-state index in [9.17, 15) is 22.4 Å². The molecule has 32 heavy (non-hydrogen) atoms. The number of hydrogen-bond acceptors (Lipinski definition) is 5. The lowest BCUT2D eigenvalue weighted by Gasteiger charge is -2.28. The molecule has 3 rings (SSSR count). The summed E-state index contributed by atoms with van der Waals surface area (Å²) in [5.74, 6) is -1.70. The summed E-state index contributed by atoms with van der Waals surface area (Å²) in [7, 11) is -0.167. The van der Waals surface area contributed by atoms with Crippen LogP contribution in [0.25, 0.3) is 11.1 Å². The second-order valence-electron chi connectivity index (χ2n) is 8.33. The number of rotatable bonds is 6. The first-order valence-electron chi connectivity index (χ1n) is 10.3. The van der Waals surface area contributed by atoms with Crippen LogP contribution >= 0.6 is 0 Å². The summed E-state index contributed by atoms with van der Waals surface area (Å²) in [6.45, 7) is 0.275. The van der Waals surface area contributed by atoms with Crippen LogP contribution in [0, 0.1) is 0 Å². The standard InChI is InChI=1S/C23H28FN3O4S/c1-26(2)22(28)20(21(25)23(29)27-12-11-18(24)14-27)16-9-7-15(8-10-16)17-5-4-6-19(13-17)32(3,30)31/h4-10,13,18,20-21H,11-12,14,25H2,1-3H3/t18-,20-,21-/m0/s1. The number of sulfone groups is 1. The molecule has 0 radical (unpaired) electrons. The predicted molar refractivity (Wildman–Crippen MR) is 120 cm³/mol. The maximum Gasteiger partial charge on any atom is 0.240 e. The summed E-state index contributed by atoms with van der Waals surface area (Å²) < 4.78 is 37.3. The first-order chi connectivity index (χ1) is 15.0. The summed E-state index contributed by atoms with van der Waals surface area (Å²) in [5, 5.41) is 0. The Labute approximate surface area is 187 Å². The molecule has 0 aliphatic carbocycles. The van der Waals surface area contributed by atoms with Crippen molar-refractivity contribution in [1.29, 1.82) is 0 Å². The molecule has 1 saturated heterocycles. The third-order valence-electron chi connectivity index (χ3n) is 5.66. The SMILES string of the molecule is CN(C)C(=O)[C@@H](c1ccc(-c2cccc(S(C)(=O)=O)c2)cc1)[C@H](N)C(=O)N1CC[C@H](F)C1. The molecule has 0 unspecified atom stereocenters. The van der Waals surface area contributed by atoms with Gasteiger partial charge < -0.3 is 15.5 Å². The fourth-order valence-corrected chi connectivity index (χ4v) is 4.51.